The number of hydrogen-bond donors (Lipinski definition) is 1. The molecule has 0 aliphatic heterocycles. The second-order valence-electron chi connectivity index (χ2n) is 7.66. The first-order valence-electron chi connectivity index (χ1n) is 8.41. The van der Waals surface area contributed by atoms with E-state index in [4.69, 9.17) is 0 Å². The number of nitrogens with zero attached hydrogens (tertiary/aromatic N) is 2. The van der Waals surface area contributed by atoms with Crippen LogP contribution in [0.15, 0.2) is 29.8 Å². The number of amides is 1. The van der Waals surface area contributed by atoms with Crippen LogP contribution in [0.2, 0.25) is 0 Å². The summed E-state index contributed by atoms with van der Waals surface area (Å²) in [6.45, 7) is 12.4. The minimum atomic E-state index is 0.0196. The van der Waals surface area contributed by atoms with Crippen LogP contribution in [-0.4, -0.2) is 15.9 Å². The van der Waals surface area contributed by atoms with Gasteiger partial charge >= 0.3 is 0 Å². The van der Waals surface area contributed by atoms with Crippen LogP contribution in [0, 0.1) is 31.1 Å². The van der Waals surface area contributed by atoms with Crippen molar-refractivity contribution in [2.75, 3.05) is 5.32 Å². The SMILES string of the molecule is CC(C)=C[C@@H]1[C@@H](C(=O)Nc2ccc3nc(C)c(C)nc3c2)C1(C)C. The fourth-order valence-electron chi connectivity index (χ4n) is 3.38. The number of nitrogens with one attached hydrogen (secondary N) is 1. The van der Waals surface area contributed by atoms with Crippen molar-refractivity contribution in [3.8, 4) is 0 Å². The Morgan fingerprint density at radius 2 is 1.75 bits per heavy atom. The van der Waals surface area contributed by atoms with Crippen LogP contribution in [0.3, 0.4) is 0 Å². The summed E-state index contributed by atoms with van der Waals surface area (Å²) in [6, 6.07) is 5.71. The second kappa shape index (κ2) is 5.69. The van der Waals surface area contributed by atoms with Crippen LogP contribution in [0.4, 0.5) is 5.69 Å². The Hall–Kier alpha value is -2.23. The Kier molecular flexibility index (Phi) is 3.94. The van der Waals surface area contributed by atoms with Crippen LogP contribution in [0.5, 0.6) is 0 Å². The van der Waals surface area contributed by atoms with Crippen molar-refractivity contribution in [2.24, 2.45) is 17.3 Å². The molecule has 0 spiro atoms. The van der Waals surface area contributed by atoms with E-state index in [0.717, 1.165) is 28.1 Å². The molecule has 4 nitrogen and oxygen atoms in total. The maximum absolute atomic E-state index is 12.7. The van der Waals surface area contributed by atoms with Crippen molar-refractivity contribution >= 4 is 22.6 Å². The predicted octanol–water partition coefficient (Wildman–Crippen LogP) is 4.42. The molecule has 1 heterocycles. The Morgan fingerprint density at radius 1 is 1.12 bits per heavy atom. The number of anilines is 1. The molecule has 126 valence electrons. The average molecular weight is 323 g/mol. The van der Waals surface area contributed by atoms with Crippen LogP contribution >= 0.6 is 0 Å². The van der Waals surface area contributed by atoms with Gasteiger partial charge in [-0.15, -0.1) is 0 Å². The van der Waals surface area contributed by atoms with Gasteiger partial charge in [0.15, 0.2) is 0 Å². The van der Waals surface area contributed by atoms with Gasteiger partial charge in [-0.3, -0.25) is 4.79 Å². The molecule has 2 aromatic rings. The summed E-state index contributed by atoms with van der Waals surface area (Å²) in [5.74, 6) is 0.417. The van der Waals surface area contributed by atoms with Gasteiger partial charge in [-0.2, -0.15) is 0 Å². The molecule has 1 aliphatic rings. The van der Waals surface area contributed by atoms with Crippen molar-refractivity contribution in [3.05, 3.63) is 41.2 Å². The van der Waals surface area contributed by atoms with Gasteiger partial charge in [-0.1, -0.05) is 25.5 Å². The molecule has 0 bridgehead atoms. The molecule has 1 N–H and O–H groups in total. The third-order valence-electron chi connectivity index (χ3n) is 5.05. The summed E-state index contributed by atoms with van der Waals surface area (Å²) in [5, 5.41) is 3.05. The molecule has 1 aromatic carbocycles. The lowest BCUT2D eigenvalue weighted by atomic mass is 10.1. The Labute approximate surface area is 143 Å². The first-order valence-corrected chi connectivity index (χ1v) is 8.41. The van der Waals surface area contributed by atoms with E-state index in [1.807, 2.05) is 32.0 Å². The van der Waals surface area contributed by atoms with Gasteiger partial charge in [0.05, 0.1) is 28.3 Å². The van der Waals surface area contributed by atoms with E-state index in [0.29, 0.717) is 5.92 Å². The highest BCUT2D eigenvalue weighted by Crippen LogP contribution is 2.59. The molecule has 1 aromatic heterocycles. The van der Waals surface area contributed by atoms with Gasteiger partial charge < -0.3 is 5.32 Å². The number of carbonyl (C=O) groups is 1. The maximum atomic E-state index is 12.7. The molecule has 1 amide bonds. The Bertz CT molecular complexity index is 847. The van der Waals surface area contributed by atoms with Crippen molar-refractivity contribution in [1.29, 1.82) is 0 Å². The predicted molar refractivity (Wildman–Crippen MR) is 97.8 cm³/mol. The van der Waals surface area contributed by atoms with E-state index >= 15 is 0 Å². The van der Waals surface area contributed by atoms with Crippen molar-refractivity contribution in [3.63, 3.8) is 0 Å². The lowest BCUT2D eigenvalue weighted by Gasteiger charge is -2.08. The summed E-state index contributed by atoms with van der Waals surface area (Å²) in [7, 11) is 0. The fourth-order valence-corrected chi connectivity index (χ4v) is 3.38. The molecule has 1 saturated carbocycles. The highest BCUT2D eigenvalue weighted by Gasteiger charge is 2.60. The highest BCUT2D eigenvalue weighted by atomic mass is 16.2. The number of rotatable bonds is 3. The Morgan fingerprint density at radius 3 is 2.38 bits per heavy atom. The highest BCUT2D eigenvalue weighted by molar-refractivity contribution is 5.97. The normalized spacial score (nSPS) is 21.4. The van der Waals surface area contributed by atoms with Crippen molar-refractivity contribution in [1.82, 2.24) is 9.97 Å². The van der Waals surface area contributed by atoms with Gasteiger partial charge in [0.2, 0.25) is 5.91 Å². The largest absolute Gasteiger partial charge is 0.326 e. The summed E-state index contributed by atoms with van der Waals surface area (Å²) < 4.78 is 0. The van der Waals surface area contributed by atoms with Crippen LogP contribution in [0.1, 0.15) is 39.1 Å². The number of fused-ring (bicyclic) bond motifs is 1. The van der Waals surface area contributed by atoms with E-state index in [-0.39, 0.29) is 17.2 Å². The van der Waals surface area contributed by atoms with Gasteiger partial charge in [0.25, 0.3) is 0 Å². The number of benzene rings is 1. The lowest BCUT2D eigenvalue weighted by Crippen LogP contribution is -2.16. The van der Waals surface area contributed by atoms with E-state index in [1.165, 1.54) is 5.57 Å². The molecule has 0 saturated heterocycles. The standard InChI is InChI=1S/C20H25N3O/c1-11(2)9-15-18(20(15,5)6)19(24)23-14-7-8-16-17(10-14)22-13(4)12(3)21-16/h7-10,15,18H,1-6H3,(H,23,24)/t15-,18+/m1/s1. The molecule has 0 unspecified atom stereocenters. The molecule has 1 fully saturated rings. The lowest BCUT2D eigenvalue weighted by molar-refractivity contribution is -0.118. The monoisotopic (exact) mass is 323 g/mol. The number of aryl methyl sites for hydroxylation is 2. The van der Waals surface area contributed by atoms with Gasteiger partial charge in [0, 0.05) is 5.69 Å². The first-order chi connectivity index (χ1) is 11.2. The Balaban J connectivity index is 1.81. The van der Waals surface area contributed by atoms with Gasteiger partial charge in [-0.05, 0) is 57.2 Å². The van der Waals surface area contributed by atoms with Crippen LogP contribution in [0.25, 0.3) is 11.0 Å². The van der Waals surface area contributed by atoms with E-state index in [1.54, 1.807) is 0 Å². The molecule has 3 rings (SSSR count). The van der Waals surface area contributed by atoms with Crippen molar-refractivity contribution < 1.29 is 4.79 Å². The average Bonchev–Trinajstić information content (AvgIpc) is 3.00. The topological polar surface area (TPSA) is 54.9 Å². The molecule has 2 atom stereocenters. The van der Waals surface area contributed by atoms with E-state index < -0.39 is 0 Å². The van der Waals surface area contributed by atoms with E-state index in [9.17, 15) is 4.79 Å². The third kappa shape index (κ3) is 2.93. The van der Waals surface area contributed by atoms with Crippen LogP contribution < -0.4 is 5.32 Å². The van der Waals surface area contributed by atoms with Crippen LogP contribution in [-0.2, 0) is 4.79 Å². The van der Waals surface area contributed by atoms with Crippen molar-refractivity contribution in [2.45, 2.75) is 41.5 Å². The summed E-state index contributed by atoms with van der Waals surface area (Å²) >= 11 is 0. The van der Waals surface area contributed by atoms with E-state index in [2.05, 4.69) is 49.1 Å². The molecule has 4 heteroatoms. The van der Waals surface area contributed by atoms with Gasteiger partial charge in [-0.25, -0.2) is 9.97 Å². The quantitative estimate of drug-likeness (QED) is 0.851. The van der Waals surface area contributed by atoms with Gasteiger partial charge in [0.1, 0.15) is 0 Å². The summed E-state index contributed by atoms with van der Waals surface area (Å²) in [6.07, 6.45) is 2.21. The zero-order chi connectivity index (χ0) is 17.6. The number of allylic oxidation sites excluding steroid dienone is 2. The third-order valence-corrected chi connectivity index (χ3v) is 5.05. The molecular formula is C20H25N3O. The summed E-state index contributed by atoms with van der Waals surface area (Å²) in [5.41, 5.74) is 5.57. The number of carbonyl (C=O) groups excluding carboxylic acids is 1. The number of hydrogen-bond acceptors (Lipinski definition) is 3. The molecular weight excluding hydrogens is 298 g/mol. The second-order valence-corrected chi connectivity index (χ2v) is 7.66. The smallest absolute Gasteiger partial charge is 0.228 e. The molecule has 1 aliphatic carbocycles. The summed E-state index contributed by atoms with van der Waals surface area (Å²) in [4.78, 5) is 21.8. The minimum Gasteiger partial charge on any atom is -0.326 e. The maximum Gasteiger partial charge on any atom is 0.228 e. The molecule has 24 heavy (non-hydrogen) atoms. The fraction of sp³-hybridized carbons (Fsp3) is 0.450. The zero-order valence-electron chi connectivity index (χ0n) is 15.3. The zero-order valence-corrected chi connectivity index (χ0v) is 15.3. The number of aromatic nitrogens is 2. The molecule has 0 radical (unpaired) electrons. The minimum absolute atomic E-state index is 0.0196. The first kappa shape index (κ1) is 16.6.